The maximum absolute atomic E-state index is 11.4. The maximum Gasteiger partial charge on any atom is 0.248 e. The Labute approximate surface area is 142 Å². The lowest BCUT2D eigenvalue weighted by Gasteiger charge is -2.17. The lowest BCUT2D eigenvalue weighted by atomic mass is 9.93. The highest BCUT2D eigenvalue weighted by Crippen LogP contribution is 2.36. The Morgan fingerprint density at radius 2 is 2.08 bits per heavy atom. The third kappa shape index (κ3) is 3.44. The highest BCUT2D eigenvalue weighted by Gasteiger charge is 2.28. The number of allylic oxidation sites excluding steroid dienone is 1. The number of amides is 1. The average molecular weight is 329 g/mol. The first-order valence-corrected chi connectivity index (χ1v) is 7.69. The van der Waals surface area contributed by atoms with Crippen molar-refractivity contribution >= 4 is 11.6 Å². The van der Waals surface area contributed by atoms with Crippen molar-refractivity contribution in [1.29, 1.82) is 0 Å². The van der Waals surface area contributed by atoms with Gasteiger partial charge in [0.15, 0.2) is 11.5 Å². The number of hydrogen-bond acceptors (Lipinski definition) is 5. The Hall–Kier alpha value is -2.73. The van der Waals surface area contributed by atoms with Crippen LogP contribution in [0.1, 0.15) is 35.8 Å². The van der Waals surface area contributed by atoms with E-state index in [1.54, 1.807) is 6.07 Å². The van der Waals surface area contributed by atoms with Crippen LogP contribution in [0.25, 0.3) is 0 Å². The molecule has 3 rings (SSSR count). The van der Waals surface area contributed by atoms with E-state index < -0.39 is 5.91 Å². The molecular weight excluding hydrogens is 306 g/mol. The molecule has 1 fully saturated rings. The van der Waals surface area contributed by atoms with Gasteiger partial charge in [-0.3, -0.25) is 4.79 Å². The van der Waals surface area contributed by atoms with Gasteiger partial charge in [-0.25, -0.2) is 5.43 Å². The Morgan fingerprint density at radius 3 is 2.75 bits per heavy atom. The van der Waals surface area contributed by atoms with Crippen molar-refractivity contribution in [1.82, 2.24) is 5.43 Å². The van der Waals surface area contributed by atoms with Gasteiger partial charge in [-0.2, -0.15) is 0 Å². The first-order chi connectivity index (χ1) is 11.6. The van der Waals surface area contributed by atoms with E-state index in [1.165, 1.54) is 0 Å². The van der Waals surface area contributed by atoms with E-state index in [2.05, 4.69) is 30.9 Å². The number of primary amides is 1. The molecule has 2 aliphatic rings. The number of hydrazine groups is 1. The molecule has 0 saturated carbocycles. The van der Waals surface area contributed by atoms with Gasteiger partial charge in [0.1, 0.15) is 0 Å². The summed E-state index contributed by atoms with van der Waals surface area (Å²) in [5.74, 6) is 1.20. The number of rotatable bonds is 3. The molecule has 128 valence electrons. The van der Waals surface area contributed by atoms with Crippen molar-refractivity contribution in [2.45, 2.75) is 19.9 Å². The second-order valence-corrected chi connectivity index (χ2v) is 5.36. The van der Waals surface area contributed by atoms with Gasteiger partial charge >= 0.3 is 0 Å². The van der Waals surface area contributed by atoms with Gasteiger partial charge < -0.3 is 20.6 Å². The van der Waals surface area contributed by atoms with E-state index in [4.69, 9.17) is 15.2 Å². The SMILES string of the molecule is C/C=C1/OCO/C1=C/C(C)C1NNc2ccc(C(N)=O)cc21.C=C. The molecule has 6 nitrogen and oxygen atoms in total. The van der Waals surface area contributed by atoms with E-state index in [1.807, 2.05) is 31.2 Å². The monoisotopic (exact) mass is 329 g/mol. The van der Waals surface area contributed by atoms with Crippen LogP contribution in [-0.4, -0.2) is 12.7 Å². The minimum absolute atomic E-state index is 0.0177. The standard InChI is InChI=1S/C16H19N3O3.C2H4/c1-3-13-14(22-8-21-13)6-9(2)15-11-7-10(16(17)20)4-5-12(11)18-19-15;1-2/h3-7,9,15,18-19H,8H2,1-2H3,(H2,17,20);1-2H2/b13-3+,14-6+;. The van der Waals surface area contributed by atoms with Gasteiger partial charge in [-0.05, 0) is 48.8 Å². The molecule has 2 aliphatic heterocycles. The Balaban J connectivity index is 0.00000100. The van der Waals surface area contributed by atoms with Crippen LogP contribution < -0.4 is 16.6 Å². The molecular formula is C18H23N3O3. The normalized spacial score (nSPS) is 22.7. The molecule has 0 spiro atoms. The molecule has 1 aromatic rings. The second kappa shape index (κ2) is 7.70. The summed E-state index contributed by atoms with van der Waals surface area (Å²) in [6.07, 6.45) is 3.90. The number of hydrogen-bond donors (Lipinski definition) is 3. The summed E-state index contributed by atoms with van der Waals surface area (Å²) < 4.78 is 10.9. The number of fused-ring (bicyclic) bond motifs is 1. The van der Waals surface area contributed by atoms with E-state index in [-0.39, 0.29) is 18.8 Å². The summed E-state index contributed by atoms with van der Waals surface area (Å²) in [6.45, 7) is 10.2. The van der Waals surface area contributed by atoms with Gasteiger partial charge in [-0.15, -0.1) is 13.2 Å². The number of anilines is 1. The van der Waals surface area contributed by atoms with Crippen LogP contribution in [0.15, 0.2) is 55.0 Å². The van der Waals surface area contributed by atoms with E-state index in [9.17, 15) is 4.79 Å². The van der Waals surface area contributed by atoms with Crippen LogP contribution in [0.4, 0.5) is 5.69 Å². The van der Waals surface area contributed by atoms with Gasteiger partial charge in [0.05, 0.1) is 11.7 Å². The van der Waals surface area contributed by atoms with E-state index in [0.717, 1.165) is 22.8 Å². The molecule has 0 aliphatic carbocycles. The fourth-order valence-corrected chi connectivity index (χ4v) is 2.72. The number of ether oxygens (including phenoxy) is 2. The molecule has 1 amide bonds. The first-order valence-electron chi connectivity index (χ1n) is 7.69. The zero-order valence-corrected chi connectivity index (χ0v) is 14.0. The van der Waals surface area contributed by atoms with Crippen molar-refractivity contribution in [3.63, 3.8) is 0 Å². The molecule has 4 N–H and O–H groups in total. The first kappa shape index (κ1) is 17.6. The summed E-state index contributed by atoms with van der Waals surface area (Å²) in [5.41, 5.74) is 14.2. The molecule has 0 radical (unpaired) electrons. The summed E-state index contributed by atoms with van der Waals surface area (Å²) in [7, 11) is 0. The zero-order valence-electron chi connectivity index (χ0n) is 14.0. The van der Waals surface area contributed by atoms with Crippen LogP contribution in [0, 0.1) is 5.92 Å². The van der Waals surface area contributed by atoms with Crippen molar-refractivity contribution in [3.05, 3.63) is 66.2 Å². The second-order valence-electron chi connectivity index (χ2n) is 5.36. The van der Waals surface area contributed by atoms with Gasteiger partial charge in [-0.1, -0.05) is 6.92 Å². The highest BCUT2D eigenvalue weighted by atomic mass is 16.7. The molecule has 0 aromatic heterocycles. The molecule has 0 bridgehead atoms. The molecule has 6 heteroatoms. The summed E-state index contributed by atoms with van der Waals surface area (Å²) in [4.78, 5) is 11.4. The predicted molar refractivity (Wildman–Crippen MR) is 93.8 cm³/mol. The van der Waals surface area contributed by atoms with Crippen molar-refractivity contribution in [2.75, 3.05) is 12.2 Å². The smallest absolute Gasteiger partial charge is 0.248 e. The minimum atomic E-state index is -0.428. The van der Waals surface area contributed by atoms with Crippen LogP contribution in [0.3, 0.4) is 0 Å². The van der Waals surface area contributed by atoms with Gasteiger partial charge in [0.2, 0.25) is 12.7 Å². The van der Waals surface area contributed by atoms with Crippen LogP contribution in [-0.2, 0) is 9.47 Å². The molecule has 1 aromatic carbocycles. The Morgan fingerprint density at radius 1 is 1.38 bits per heavy atom. The molecule has 2 atom stereocenters. The van der Waals surface area contributed by atoms with Crippen molar-refractivity contribution in [2.24, 2.45) is 11.7 Å². The molecule has 1 saturated heterocycles. The van der Waals surface area contributed by atoms with Crippen molar-refractivity contribution < 1.29 is 14.3 Å². The summed E-state index contributed by atoms with van der Waals surface area (Å²) >= 11 is 0. The van der Waals surface area contributed by atoms with Crippen LogP contribution in [0.2, 0.25) is 0 Å². The summed E-state index contributed by atoms with van der Waals surface area (Å²) in [5, 5.41) is 0. The van der Waals surface area contributed by atoms with Crippen LogP contribution >= 0.6 is 0 Å². The number of carbonyl (C=O) groups is 1. The molecule has 24 heavy (non-hydrogen) atoms. The maximum atomic E-state index is 11.4. The quantitative estimate of drug-likeness (QED) is 0.742. The van der Waals surface area contributed by atoms with E-state index in [0.29, 0.717) is 5.56 Å². The largest absolute Gasteiger partial charge is 0.454 e. The fourth-order valence-electron chi connectivity index (χ4n) is 2.72. The summed E-state index contributed by atoms with van der Waals surface area (Å²) in [6, 6.07) is 5.42. The third-order valence-corrected chi connectivity index (χ3v) is 3.91. The number of benzene rings is 1. The third-order valence-electron chi connectivity index (χ3n) is 3.91. The molecule has 2 heterocycles. The number of nitrogens with two attached hydrogens (primary N) is 1. The highest BCUT2D eigenvalue weighted by molar-refractivity contribution is 5.93. The van der Waals surface area contributed by atoms with Gasteiger partial charge in [0, 0.05) is 5.56 Å². The lowest BCUT2D eigenvalue weighted by molar-refractivity contribution is 0.0969. The number of carbonyl (C=O) groups excluding carboxylic acids is 1. The Bertz CT molecular complexity index is 682. The fraction of sp³-hybridized carbons (Fsp3) is 0.278. The van der Waals surface area contributed by atoms with Gasteiger partial charge in [0.25, 0.3) is 0 Å². The average Bonchev–Trinajstić information content (AvgIpc) is 3.22. The molecule has 2 unspecified atom stereocenters. The predicted octanol–water partition coefficient (Wildman–Crippen LogP) is 2.99. The lowest BCUT2D eigenvalue weighted by Crippen LogP contribution is -2.23. The van der Waals surface area contributed by atoms with Crippen LogP contribution in [0.5, 0.6) is 0 Å². The zero-order chi connectivity index (χ0) is 17.7. The van der Waals surface area contributed by atoms with Crippen molar-refractivity contribution in [3.8, 4) is 0 Å². The number of nitrogens with one attached hydrogen (secondary N) is 2. The minimum Gasteiger partial charge on any atom is -0.454 e. The Kier molecular flexibility index (Phi) is 5.65. The topological polar surface area (TPSA) is 85.6 Å². The van der Waals surface area contributed by atoms with E-state index >= 15 is 0 Å².